The summed E-state index contributed by atoms with van der Waals surface area (Å²) in [4.78, 5) is 33.5. The van der Waals surface area contributed by atoms with Crippen molar-refractivity contribution < 1.29 is 9.13 Å². The summed E-state index contributed by atoms with van der Waals surface area (Å²) in [6, 6.07) is 5.36. The van der Waals surface area contributed by atoms with Crippen LogP contribution in [-0.4, -0.2) is 34.6 Å². The molecule has 2 aliphatic rings. The van der Waals surface area contributed by atoms with Gasteiger partial charge in [0.1, 0.15) is 11.2 Å². The number of pyridine rings is 2. The van der Waals surface area contributed by atoms with E-state index >= 15 is 4.39 Å². The van der Waals surface area contributed by atoms with E-state index in [4.69, 9.17) is 10.5 Å². The molecule has 1 saturated carbocycles. The van der Waals surface area contributed by atoms with E-state index in [-0.39, 0.29) is 29.3 Å². The van der Waals surface area contributed by atoms with Crippen molar-refractivity contribution >= 4 is 11.2 Å². The number of methoxy groups -OCH3 is 1. The Morgan fingerprint density at radius 2 is 2.10 bits per heavy atom. The van der Waals surface area contributed by atoms with Gasteiger partial charge < -0.3 is 15.4 Å². The smallest absolute Gasteiger partial charge is 0.333 e. The molecule has 2 fully saturated rings. The topological polar surface area (TPSA) is 106 Å². The number of hydrogen-bond donors (Lipinski definition) is 2. The Morgan fingerprint density at radius 3 is 2.77 bits per heavy atom. The van der Waals surface area contributed by atoms with Gasteiger partial charge in [-0.3, -0.25) is 19.2 Å². The van der Waals surface area contributed by atoms with E-state index in [1.165, 1.54) is 7.11 Å². The van der Waals surface area contributed by atoms with E-state index in [9.17, 15) is 9.59 Å². The molecule has 1 aliphatic carbocycles. The zero-order chi connectivity index (χ0) is 21.7. The Labute approximate surface area is 177 Å². The molecular weight excluding hydrogens is 401 g/mol. The second kappa shape index (κ2) is 7.49. The fraction of sp³-hybridized carbons (Fsp3) is 0.409. The van der Waals surface area contributed by atoms with Gasteiger partial charge in [-0.2, -0.15) is 0 Å². The molecule has 2 unspecified atom stereocenters. The molecule has 0 radical (unpaired) electrons. The van der Waals surface area contributed by atoms with Gasteiger partial charge in [-0.25, -0.2) is 9.18 Å². The third-order valence-electron chi connectivity index (χ3n) is 6.35. The molecule has 4 heterocycles. The van der Waals surface area contributed by atoms with Crippen molar-refractivity contribution in [1.82, 2.24) is 14.4 Å². The van der Waals surface area contributed by atoms with E-state index in [1.54, 1.807) is 6.20 Å². The second-order valence-electron chi connectivity index (χ2n) is 8.30. The van der Waals surface area contributed by atoms with Crippen LogP contribution in [0.2, 0.25) is 0 Å². The highest BCUT2D eigenvalue weighted by atomic mass is 19.1. The zero-order valence-electron chi connectivity index (χ0n) is 17.2. The summed E-state index contributed by atoms with van der Waals surface area (Å²) in [5, 5.41) is 0. The molecule has 31 heavy (non-hydrogen) atoms. The van der Waals surface area contributed by atoms with Crippen molar-refractivity contribution in [3.63, 3.8) is 0 Å². The molecule has 162 valence electrons. The number of fused-ring (bicyclic) bond motifs is 1. The number of rotatable bonds is 5. The number of ether oxygens (including phenoxy) is 1. The summed E-state index contributed by atoms with van der Waals surface area (Å²) >= 11 is 0. The van der Waals surface area contributed by atoms with Gasteiger partial charge in [-0.05, 0) is 43.2 Å². The van der Waals surface area contributed by atoms with Crippen LogP contribution in [0, 0.1) is 11.7 Å². The second-order valence-corrected chi connectivity index (χ2v) is 8.30. The molecular formula is C22H24FN5O3. The van der Waals surface area contributed by atoms with Crippen molar-refractivity contribution in [1.29, 1.82) is 0 Å². The van der Waals surface area contributed by atoms with Crippen molar-refractivity contribution in [3.8, 4) is 5.75 Å². The lowest BCUT2D eigenvalue weighted by Crippen LogP contribution is -2.31. The summed E-state index contributed by atoms with van der Waals surface area (Å²) in [5.74, 6) is -0.223. The number of H-pyrrole nitrogens is 1. The van der Waals surface area contributed by atoms with Crippen molar-refractivity contribution in [2.45, 2.75) is 31.2 Å². The van der Waals surface area contributed by atoms with Crippen molar-refractivity contribution in [2.75, 3.05) is 25.1 Å². The Bertz CT molecular complexity index is 1250. The van der Waals surface area contributed by atoms with Gasteiger partial charge in [-0.15, -0.1) is 0 Å². The van der Waals surface area contributed by atoms with E-state index in [0.29, 0.717) is 24.2 Å². The van der Waals surface area contributed by atoms with Crippen LogP contribution in [0.1, 0.15) is 42.5 Å². The molecule has 3 aromatic heterocycles. The molecule has 1 aliphatic heterocycles. The molecule has 3 aromatic rings. The lowest BCUT2D eigenvalue weighted by Gasteiger charge is -2.25. The Balaban J connectivity index is 1.59. The van der Waals surface area contributed by atoms with Crippen LogP contribution in [-0.2, 0) is 0 Å². The molecule has 0 amide bonds. The van der Waals surface area contributed by atoms with Crippen molar-refractivity contribution in [3.05, 3.63) is 68.5 Å². The molecule has 0 bridgehead atoms. The van der Waals surface area contributed by atoms with Gasteiger partial charge >= 0.3 is 5.69 Å². The van der Waals surface area contributed by atoms with Gasteiger partial charge in [0.15, 0.2) is 11.6 Å². The number of nitrogens with two attached hydrogens (primary N) is 1. The normalized spacial score (nSPS) is 19.7. The van der Waals surface area contributed by atoms with Gasteiger partial charge in [0.2, 0.25) is 0 Å². The zero-order valence-corrected chi connectivity index (χ0v) is 17.2. The highest BCUT2D eigenvalue weighted by Crippen LogP contribution is 2.45. The molecule has 0 aromatic carbocycles. The summed E-state index contributed by atoms with van der Waals surface area (Å²) in [6.07, 6.45) is 5.34. The number of aromatic nitrogens is 3. The summed E-state index contributed by atoms with van der Waals surface area (Å²) in [5.41, 5.74) is 7.25. The summed E-state index contributed by atoms with van der Waals surface area (Å²) in [7, 11) is 1.44. The maximum atomic E-state index is 15.3. The molecule has 2 atom stereocenters. The first kappa shape index (κ1) is 19.7. The third-order valence-corrected chi connectivity index (χ3v) is 6.35. The van der Waals surface area contributed by atoms with Crippen LogP contribution in [0.4, 0.5) is 10.1 Å². The van der Waals surface area contributed by atoms with Crippen LogP contribution in [0.3, 0.4) is 0 Å². The number of anilines is 1. The average molecular weight is 425 g/mol. The minimum Gasteiger partial charge on any atom is -0.492 e. The number of nitrogens with one attached hydrogen (secondary N) is 1. The molecule has 3 N–H and O–H groups in total. The molecule has 8 nitrogen and oxygen atoms in total. The monoisotopic (exact) mass is 425 g/mol. The van der Waals surface area contributed by atoms with Gasteiger partial charge in [0.05, 0.1) is 25.0 Å². The SMILES string of the molecule is COc1c(N2CCC(C(N)c3ccccn3)C2)c(F)cn2c(=O)[nH]c(=O)c(C3CC3)c12. The summed E-state index contributed by atoms with van der Waals surface area (Å²) < 4.78 is 22.1. The number of hydrogen-bond acceptors (Lipinski definition) is 6. The largest absolute Gasteiger partial charge is 0.492 e. The highest BCUT2D eigenvalue weighted by Gasteiger charge is 2.35. The minimum atomic E-state index is -0.676. The maximum absolute atomic E-state index is 15.3. The van der Waals surface area contributed by atoms with E-state index < -0.39 is 17.1 Å². The van der Waals surface area contributed by atoms with Gasteiger partial charge in [0, 0.05) is 24.8 Å². The standard InChI is InChI=1S/C22H24FN5O3/c1-31-20-18(27-9-7-13(10-27)17(24)15-4-2-3-8-25-15)14(23)11-28-19(20)16(12-5-6-12)21(29)26-22(28)30/h2-4,8,11-13,17H,5-7,9-10,24H2,1H3,(H,26,29,30). The first-order valence-electron chi connectivity index (χ1n) is 10.5. The van der Waals surface area contributed by atoms with E-state index in [0.717, 1.165) is 35.6 Å². The van der Waals surface area contributed by atoms with Gasteiger partial charge in [0.25, 0.3) is 5.56 Å². The predicted molar refractivity (Wildman–Crippen MR) is 114 cm³/mol. The lowest BCUT2D eigenvalue weighted by atomic mass is 9.96. The maximum Gasteiger partial charge on any atom is 0.333 e. The Kier molecular flexibility index (Phi) is 4.77. The summed E-state index contributed by atoms with van der Waals surface area (Å²) in [6.45, 7) is 1.11. The molecule has 1 saturated heterocycles. The molecule has 5 rings (SSSR count). The van der Waals surface area contributed by atoms with Gasteiger partial charge in [-0.1, -0.05) is 6.07 Å². The predicted octanol–water partition coefficient (Wildman–Crippen LogP) is 1.93. The minimum absolute atomic E-state index is 0.0514. The average Bonchev–Trinajstić information content (AvgIpc) is 3.49. The molecule has 9 heteroatoms. The Morgan fingerprint density at radius 1 is 1.29 bits per heavy atom. The van der Waals surface area contributed by atoms with Crippen LogP contribution in [0.5, 0.6) is 5.75 Å². The third kappa shape index (κ3) is 3.29. The fourth-order valence-electron chi connectivity index (χ4n) is 4.65. The lowest BCUT2D eigenvalue weighted by molar-refractivity contribution is 0.412. The number of halogens is 1. The van der Waals surface area contributed by atoms with Crippen molar-refractivity contribution in [2.24, 2.45) is 11.7 Å². The number of nitrogens with zero attached hydrogens (tertiary/aromatic N) is 3. The first-order chi connectivity index (χ1) is 15.0. The Hall–Kier alpha value is -3.20. The van der Waals surface area contributed by atoms with Crippen LogP contribution in [0.25, 0.3) is 5.52 Å². The van der Waals surface area contributed by atoms with Crippen LogP contribution < -0.4 is 26.6 Å². The fourth-order valence-corrected chi connectivity index (χ4v) is 4.65. The highest BCUT2D eigenvalue weighted by molar-refractivity contribution is 5.78. The first-order valence-corrected chi connectivity index (χ1v) is 10.5. The van der Waals surface area contributed by atoms with E-state index in [2.05, 4.69) is 9.97 Å². The van der Waals surface area contributed by atoms with Crippen LogP contribution in [0.15, 0.2) is 40.2 Å². The number of aromatic amines is 1. The van der Waals surface area contributed by atoms with Crippen LogP contribution >= 0.6 is 0 Å². The quantitative estimate of drug-likeness (QED) is 0.647. The molecule has 0 spiro atoms. The van der Waals surface area contributed by atoms with E-state index in [1.807, 2.05) is 23.1 Å².